The van der Waals surface area contributed by atoms with Crippen LogP contribution >= 0.6 is 11.8 Å². The lowest BCUT2D eigenvalue weighted by atomic mass is 9.97. The molecule has 1 amide bonds. The van der Waals surface area contributed by atoms with Crippen molar-refractivity contribution in [1.29, 1.82) is 0 Å². The van der Waals surface area contributed by atoms with Crippen molar-refractivity contribution < 1.29 is 9.59 Å². The average molecular weight is 321 g/mol. The minimum atomic E-state index is -0.252. The van der Waals surface area contributed by atoms with Crippen LogP contribution in [0.1, 0.15) is 37.9 Å². The van der Waals surface area contributed by atoms with Crippen LogP contribution in [-0.2, 0) is 0 Å². The first-order valence-corrected chi connectivity index (χ1v) is 8.37. The molecule has 2 aromatic carbocycles. The molecule has 23 heavy (non-hydrogen) atoms. The zero-order valence-electron chi connectivity index (χ0n) is 12.8. The normalized spacial score (nSPS) is 19.5. The van der Waals surface area contributed by atoms with E-state index in [0.29, 0.717) is 16.8 Å². The number of amides is 1. The topological polar surface area (TPSA) is 46.2 Å². The Labute approximate surface area is 138 Å². The fourth-order valence-electron chi connectivity index (χ4n) is 3.15. The summed E-state index contributed by atoms with van der Waals surface area (Å²) in [5.41, 5.74) is 6.25. The molecule has 1 aliphatic heterocycles. The fraction of sp³-hybridized carbons (Fsp3) is 0.158. The number of aryl methyl sites for hydroxylation is 2. The zero-order valence-corrected chi connectivity index (χ0v) is 13.7. The SMILES string of the molecule is Cc1ccc(C2SC(=O)NC3=C2C(=O)c2ccccc23)cc1C. The smallest absolute Gasteiger partial charge is 0.284 e. The van der Waals surface area contributed by atoms with Gasteiger partial charge in [-0.05, 0) is 30.5 Å². The van der Waals surface area contributed by atoms with Crippen LogP contribution in [0.4, 0.5) is 4.79 Å². The van der Waals surface area contributed by atoms with Gasteiger partial charge in [0.05, 0.1) is 10.9 Å². The Morgan fingerprint density at radius 3 is 2.43 bits per heavy atom. The highest BCUT2D eigenvalue weighted by Gasteiger charge is 2.40. The number of carbonyl (C=O) groups is 2. The maximum atomic E-state index is 12.9. The number of rotatable bonds is 1. The number of thioether (sulfide) groups is 1. The predicted molar refractivity (Wildman–Crippen MR) is 92.5 cm³/mol. The standard InChI is InChI=1S/C19H15NO2S/c1-10-7-8-12(9-11(10)2)18-15-16(20-19(22)23-18)13-5-3-4-6-14(13)17(15)21/h3-9,18H,1-2H3,(H,20,22). The quantitative estimate of drug-likeness (QED) is 0.846. The maximum Gasteiger partial charge on any atom is 0.284 e. The molecule has 1 heterocycles. The lowest BCUT2D eigenvalue weighted by Crippen LogP contribution is -2.25. The molecule has 3 nitrogen and oxygen atoms in total. The third-order valence-electron chi connectivity index (χ3n) is 4.50. The van der Waals surface area contributed by atoms with E-state index in [0.717, 1.165) is 11.1 Å². The number of carbonyl (C=O) groups excluding carboxylic acids is 2. The molecule has 0 bridgehead atoms. The molecule has 4 heteroatoms. The van der Waals surface area contributed by atoms with Crippen LogP contribution in [0.2, 0.25) is 0 Å². The number of hydrogen-bond donors (Lipinski definition) is 1. The molecule has 1 N–H and O–H groups in total. The average Bonchev–Trinajstić information content (AvgIpc) is 2.83. The van der Waals surface area contributed by atoms with Crippen molar-refractivity contribution in [3.05, 3.63) is 75.9 Å². The van der Waals surface area contributed by atoms with Gasteiger partial charge in [-0.2, -0.15) is 0 Å². The van der Waals surface area contributed by atoms with Gasteiger partial charge in [0.25, 0.3) is 5.24 Å². The van der Waals surface area contributed by atoms with Gasteiger partial charge in [-0.1, -0.05) is 54.2 Å². The van der Waals surface area contributed by atoms with Gasteiger partial charge in [0.2, 0.25) is 0 Å². The predicted octanol–water partition coefficient (Wildman–Crippen LogP) is 4.41. The number of Topliss-reactive ketones (excluding diaryl/α,β-unsaturated/α-hetero) is 1. The van der Waals surface area contributed by atoms with Gasteiger partial charge >= 0.3 is 0 Å². The van der Waals surface area contributed by atoms with Gasteiger partial charge < -0.3 is 5.32 Å². The highest BCUT2D eigenvalue weighted by Crippen LogP contribution is 2.48. The molecule has 0 saturated heterocycles. The summed E-state index contributed by atoms with van der Waals surface area (Å²) >= 11 is 1.18. The minimum absolute atomic E-state index is 0.0197. The zero-order chi connectivity index (χ0) is 16.1. The first-order chi connectivity index (χ1) is 11.1. The van der Waals surface area contributed by atoms with E-state index in [1.807, 2.05) is 43.3 Å². The summed E-state index contributed by atoms with van der Waals surface area (Å²) in [7, 11) is 0. The molecule has 1 aliphatic carbocycles. The van der Waals surface area contributed by atoms with Crippen LogP contribution in [0.15, 0.2) is 48.0 Å². The largest absolute Gasteiger partial charge is 0.316 e. The summed E-state index contributed by atoms with van der Waals surface area (Å²) in [6, 6.07) is 13.6. The third kappa shape index (κ3) is 2.13. The van der Waals surface area contributed by atoms with Crippen molar-refractivity contribution in [3.63, 3.8) is 0 Å². The van der Waals surface area contributed by atoms with E-state index in [2.05, 4.69) is 18.3 Å². The Balaban J connectivity index is 1.89. The van der Waals surface area contributed by atoms with Crippen molar-refractivity contribution in [3.8, 4) is 0 Å². The molecule has 2 aromatic rings. The second-order valence-corrected chi connectivity index (χ2v) is 7.00. The van der Waals surface area contributed by atoms with E-state index >= 15 is 0 Å². The lowest BCUT2D eigenvalue weighted by molar-refractivity contribution is 0.103. The van der Waals surface area contributed by atoms with E-state index in [1.165, 1.54) is 22.9 Å². The molecule has 0 radical (unpaired) electrons. The van der Waals surface area contributed by atoms with E-state index < -0.39 is 0 Å². The summed E-state index contributed by atoms with van der Waals surface area (Å²) in [5.74, 6) is 0.0197. The molecule has 1 unspecified atom stereocenters. The fourth-order valence-corrected chi connectivity index (χ4v) is 4.15. The van der Waals surface area contributed by atoms with Crippen molar-refractivity contribution in [1.82, 2.24) is 5.32 Å². The highest BCUT2D eigenvalue weighted by atomic mass is 32.2. The first kappa shape index (κ1) is 14.3. The van der Waals surface area contributed by atoms with Gasteiger partial charge in [0.1, 0.15) is 0 Å². The molecule has 4 rings (SSSR count). The Morgan fingerprint density at radius 2 is 1.70 bits per heavy atom. The van der Waals surface area contributed by atoms with E-state index in [1.54, 1.807) is 0 Å². The second kappa shape index (κ2) is 5.10. The molecule has 0 aromatic heterocycles. The van der Waals surface area contributed by atoms with Crippen LogP contribution in [0.3, 0.4) is 0 Å². The Kier molecular flexibility index (Phi) is 3.16. The summed E-state index contributed by atoms with van der Waals surface area (Å²) in [4.78, 5) is 25.0. The van der Waals surface area contributed by atoms with E-state index in [9.17, 15) is 9.59 Å². The molecule has 0 fully saturated rings. The molecule has 2 aliphatic rings. The number of fused-ring (bicyclic) bond motifs is 2. The minimum Gasteiger partial charge on any atom is -0.316 e. The molecule has 0 spiro atoms. The molecule has 114 valence electrons. The lowest BCUT2D eigenvalue weighted by Gasteiger charge is -2.24. The Bertz CT molecular complexity index is 898. The second-order valence-electron chi connectivity index (χ2n) is 5.92. The number of nitrogens with one attached hydrogen (secondary N) is 1. The summed E-state index contributed by atoms with van der Waals surface area (Å²) in [6.45, 7) is 4.11. The molecule has 0 saturated carbocycles. The van der Waals surface area contributed by atoms with Gasteiger partial charge in [-0.3, -0.25) is 9.59 Å². The molecular weight excluding hydrogens is 306 g/mol. The van der Waals surface area contributed by atoms with Crippen molar-refractivity contribution in [2.75, 3.05) is 0 Å². The van der Waals surface area contributed by atoms with Crippen LogP contribution in [-0.4, -0.2) is 11.0 Å². The maximum absolute atomic E-state index is 12.9. The number of ketones is 1. The highest BCUT2D eigenvalue weighted by molar-refractivity contribution is 8.14. The van der Waals surface area contributed by atoms with Crippen LogP contribution in [0.25, 0.3) is 5.70 Å². The molecule has 1 atom stereocenters. The monoisotopic (exact) mass is 321 g/mol. The first-order valence-electron chi connectivity index (χ1n) is 7.49. The summed E-state index contributed by atoms with van der Waals surface area (Å²) in [6.07, 6.45) is 0. The van der Waals surface area contributed by atoms with Gasteiger partial charge in [0, 0.05) is 16.7 Å². The van der Waals surface area contributed by atoms with E-state index in [4.69, 9.17) is 0 Å². The van der Waals surface area contributed by atoms with Gasteiger partial charge in [0.15, 0.2) is 5.78 Å². The van der Waals surface area contributed by atoms with Gasteiger partial charge in [-0.25, -0.2) is 0 Å². The van der Waals surface area contributed by atoms with Crippen molar-refractivity contribution in [2.24, 2.45) is 0 Å². The van der Waals surface area contributed by atoms with E-state index in [-0.39, 0.29) is 16.3 Å². The number of hydrogen-bond acceptors (Lipinski definition) is 3. The van der Waals surface area contributed by atoms with Crippen LogP contribution in [0, 0.1) is 13.8 Å². The Hall–Kier alpha value is -2.33. The third-order valence-corrected chi connectivity index (χ3v) is 5.56. The molecular formula is C19H15NO2S. The van der Waals surface area contributed by atoms with Crippen molar-refractivity contribution in [2.45, 2.75) is 19.1 Å². The summed E-state index contributed by atoms with van der Waals surface area (Å²) < 4.78 is 0. The van der Waals surface area contributed by atoms with Gasteiger partial charge in [-0.15, -0.1) is 0 Å². The summed E-state index contributed by atoms with van der Waals surface area (Å²) in [5, 5.41) is 2.51. The van der Waals surface area contributed by atoms with Crippen LogP contribution < -0.4 is 5.32 Å². The van der Waals surface area contributed by atoms with Crippen LogP contribution in [0.5, 0.6) is 0 Å². The number of benzene rings is 2. The Morgan fingerprint density at radius 1 is 0.957 bits per heavy atom. The van der Waals surface area contributed by atoms with Crippen molar-refractivity contribution >= 4 is 28.5 Å².